The molecule has 2 aliphatic rings. The van der Waals surface area contributed by atoms with Gasteiger partial charge in [0.05, 0.1) is 30.7 Å². The quantitative estimate of drug-likeness (QED) is 0.739. The molecule has 0 saturated heterocycles. The SMILES string of the molecule is C=C1C=C(C(=O)OC)C(C(=O)OC)C2c3cc(C)ccc3S(=O)(=O)N12. The predicted octanol–water partition coefficient (Wildman–Crippen LogP) is 1.46. The van der Waals surface area contributed by atoms with Gasteiger partial charge in [-0.15, -0.1) is 0 Å². The van der Waals surface area contributed by atoms with E-state index in [4.69, 9.17) is 9.47 Å². The fourth-order valence-electron chi connectivity index (χ4n) is 3.35. The summed E-state index contributed by atoms with van der Waals surface area (Å²) in [5, 5.41) is 0. The summed E-state index contributed by atoms with van der Waals surface area (Å²) in [7, 11) is -1.50. The minimum absolute atomic E-state index is 0.0187. The van der Waals surface area contributed by atoms with Crippen molar-refractivity contribution in [1.29, 1.82) is 0 Å². The van der Waals surface area contributed by atoms with Crippen LogP contribution in [0.3, 0.4) is 0 Å². The van der Waals surface area contributed by atoms with Gasteiger partial charge in [-0.05, 0) is 24.6 Å². The number of esters is 2. The van der Waals surface area contributed by atoms with Crippen LogP contribution < -0.4 is 0 Å². The van der Waals surface area contributed by atoms with E-state index in [0.29, 0.717) is 5.56 Å². The van der Waals surface area contributed by atoms with Crippen molar-refractivity contribution in [2.75, 3.05) is 14.2 Å². The molecule has 7 nitrogen and oxygen atoms in total. The van der Waals surface area contributed by atoms with Crippen LogP contribution in [0.25, 0.3) is 0 Å². The minimum Gasteiger partial charge on any atom is -0.468 e. The zero-order valence-corrected chi connectivity index (χ0v) is 14.8. The van der Waals surface area contributed by atoms with Gasteiger partial charge in [0.15, 0.2) is 0 Å². The number of allylic oxidation sites excluding steroid dienone is 1. The lowest BCUT2D eigenvalue weighted by Crippen LogP contribution is -2.41. The molecule has 2 heterocycles. The largest absolute Gasteiger partial charge is 0.468 e. The standard InChI is InChI=1S/C17H17NO6S/c1-9-5-6-13-11(7-9)15-14(17(20)24-4)12(16(19)23-3)8-10(2)18(15)25(13,21)22/h5-8,14-15H,2H2,1,3-4H3. The summed E-state index contributed by atoms with van der Waals surface area (Å²) in [5.74, 6) is -2.58. The number of aryl methyl sites for hydroxylation is 1. The minimum atomic E-state index is -3.87. The van der Waals surface area contributed by atoms with Gasteiger partial charge >= 0.3 is 11.9 Å². The Labute approximate surface area is 145 Å². The predicted molar refractivity (Wildman–Crippen MR) is 87.7 cm³/mol. The Hall–Kier alpha value is -2.61. The van der Waals surface area contributed by atoms with E-state index in [1.165, 1.54) is 26.4 Å². The third kappa shape index (κ3) is 2.36. The third-order valence-electron chi connectivity index (χ3n) is 4.41. The van der Waals surface area contributed by atoms with Crippen molar-refractivity contribution in [1.82, 2.24) is 4.31 Å². The van der Waals surface area contributed by atoms with Gasteiger partial charge in [-0.2, -0.15) is 0 Å². The lowest BCUT2D eigenvalue weighted by Gasteiger charge is -2.35. The Morgan fingerprint density at radius 2 is 1.88 bits per heavy atom. The highest BCUT2D eigenvalue weighted by molar-refractivity contribution is 7.89. The number of fused-ring (bicyclic) bond motifs is 3. The summed E-state index contributed by atoms with van der Waals surface area (Å²) >= 11 is 0. The number of rotatable bonds is 2. The Bertz CT molecular complexity index is 930. The van der Waals surface area contributed by atoms with Gasteiger partial charge in [0, 0.05) is 5.70 Å². The zero-order valence-electron chi connectivity index (χ0n) is 14.0. The third-order valence-corrected chi connectivity index (χ3v) is 6.31. The molecule has 25 heavy (non-hydrogen) atoms. The molecule has 0 radical (unpaired) electrons. The first-order valence-corrected chi connectivity index (χ1v) is 8.89. The highest BCUT2D eigenvalue weighted by Crippen LogP contribution is 2.51. The van der Waals surface area contributed by atoms with Gasteiger partial charge in [0.2, 0.25) is 0 Å². The van der Waals surface area contributed by atoms with Crippen LogP contribution in [0.5, 0.6) is 0 Å². The normalized spacial score (nSPS) is 23.4. The molecule has 3 rings (SSSR count). The molecule has 2 atom stereocenters. The molecule has 0 spiro atoms. The first-order chi connectivity index (χ1) is 11.7. The lowest BCUT2D eigenvalue weighted by atomic mass is 9.83. The molecular weight excluding hydrogens is 346 g/mol. The van der Waals surface area contributed by atoms with E-state index in [1.807, 2.05) is 6.92 Å². The van der Waals surface area contributed by atoms with E-state index in [9.17, 15) is 18.0 Å². The molecule has 0 fully saturated rings. The number of hydrogen-bond acceptors (Lipinski definition) is 6. The highest BCUT2D eigenvalue weighted by atomic mass is 32.2. The molecule has 132 valence electrons. The van der Waals surface area contributed by atoms with Crippen LogP contribution in [0.4, 0.5) is 0 Å². The zero-order chi connectivity index (χ0) is 18.5. The molecule has 0 aromatic heterocycles. The van der Waals surface area contributed by atoms with Crippen molar-refractivity contribution in [3.63, 3.8) is 0 Å². The van der Waals surface area contributed by atoms with Crippen LogP contribution in [0.15, 0.2) is 47.0 Å². The molecule has 2 aliphatic heterocycles. The number of sulfonamides is 1. The van der Waals surface area contributed by atoms with Crippen molar-refractivity contribution in [2.24, 2.45) is 5.92 Å². The summed E-state index contributed by atoms with van der Waals surface area (Å²) in [6.07, 6.45) is 1.26. The highest BCUT2D eigenvalue weighted by Gasteiger charge is 2.53. The van der Waals surface area contributed by atoms with Crippen molar-refractivity contribution < 1.29 is 27.5 Å². The van der Waals surface area contributed by atoms with Gasteiger partial charge in [-0.1, -0.05) is 24.3 Å². The van der Waals surface area contributed by atoms with E-state index >= 15 is 0 Å². The van der Waals surface area contributed by atoms with Gasteiger partial charge in [0.25, 0.3) is 10.0 Å². The molecule has 0 bridgehead atoms. The average Bonchev–Trinajstić information content (AvgIpc) is 2.81. The smallest absolute Gasteiger partial charge is 0.334 e. The van der Waals surface area contributed by atoms with E-state index in [1.54, 1.807) is 12.1 Å². The molecule has 0 amide bonds. The van der Waals surface area contributed by atoms with Gasteiger partial charge in [-0.25, -0.2) is 13.2 Å². The van der Waals surface area contributed by atoms with Crippen molar-refractivity contribution in [3.05, 3.63) is 53.3 Å². The summed E-state index contributed by atoms with van der Waals surface area (Å²) in [6.45, 7) is 5.57. The van der Waals surface area contributed by atoms with Crippen LogP contribution in [-0.4, -0.2) is 38.9 Å². The Balaban J connectivity index is 2.31. The Morgan fingerprint density at radius 1 is 1.20 bits per heavy atom. The van der Waals surface area contributed by atoms with E-state index in [0.717, 1.165) is 9.87 Å². The van der Waals surface area contributed by atoms with Gasteiger partial charge in [-0.3, -0.25) is 9.10 Å². The number of methoxy groups -OCH3 is 2. The van der Waals surface area contributed by atoms with Crippen LogP contribution in [-0.2, 0) is 29.1 Å². The monoisotopic (exact) mass is 363 g/mol. The molecule has 0 saturated carbocycles. The number of nitrogens with zero attached hydrogens (tertiary/aromatic N) is 1. The molecule has 8 heteroatoms. The van der Waals surface area contributed by atoms with E-state index in [-0.39, 0.29) is 16.2 Å². The van der Waals surface area contributed by atoms with Crippen molar-refractivity contribution in [3.8, 4) is 0 Å². The number of carbonyl (C=O) groups excluding carboxylic acids is 2. The molecule has 0 aliphatic carbocycles. The number of ether oxygens (including phenoxy) is 2. The first-order valence-electron chi connectivity index (χ1n) is 7.45. The summed E-state index contributed by atoms with van der Waals surface area (Å²) < 4.78 is 36.5. The Morgan fingerprint density at radius 3 is 2.48 bits per heavy atom. The van der Waals surface area contributed by atoms with Crippen LogP contribution in [0.1, 0.15) is 17.2 Å². The second-order valence-electron chi connectivity index (χ2n) is 5.87. The Kier molecular flexibility index (Phi) is 3.95. The fourth-order valence-corrected chi connectivity index (χ4v) is 5.18. The molecule has 1 aromatic rings. The summed E-state index contributed by atoms with van der Waals surface area (Å²) in [6, 6.07) is 3.94. The van der Waals surface area contributed by atoms with Crippen LogP contribution in [0, 0.1) is 12.8 Å². The molecular formula is C17H17NO6S. The van der Waals surface area contributed by atoms with Crippen LogP contribution >= 0.6 is 0 Å². The van der Waals surface area contributed by atoms with Gasteiger partial charge < -0.3 is 9.47 Å². The lowest BCUT2D eigenvalue weighted by molar-refractivity contribution is -0.149. The fraction of sp³-hybridized carbons (Fsp3) is 0.294. The van der Waals surface area contributed by atoms with Crippen molar-refractivity contribution in [2.45, 2.75) is 17.9 Å². The second-order valence-corrected chi connectivity index (χ2v) is 7.65. The maximum atomic E-state index is 12.9. The number of hydrogen-bond donors (Lipinski definition) is 0. The van der Waals surface area contributed by atoms with Gasteiger partial charge in [0.1, 0.15) is 5.92 Å². The van der Waals surface area contributed by atoms with Crippen molar-refractivity contribution >= 4 is 22.0 Å². The average molecular weight is 363 g/mol. The first kappa shape index (κ1) is 17.2. The van der Waals surface area contributed by atoms with E-state index in [2.05, 4.69) is 6.58 Å². The molecule has 1 aromatic carbocycles. The summed E-state index contributed by atoms with van der Waals surface area (Å²) in [4.78, 5) is 24.7. The topological polar surface area (TPSA) is 90.0 Å². The molecule has 2 unspecified atom stereocenters. The number of benzene rings is 1. The van der Waals surface area contributed by atoms with Crippen LogP contribution in [0.2, 0.25) is 0 Å². The number of carbonyl (C=O) groups is 2. The van der Waals surface area contributed by atoms with E-state index < -0.39 is 33.9 Å². The summed E-state index contributed by atoms with van der Waals surface area (Å²) in [5.41, 5.74) is 1.38. The second kappa shape index (κ2) is 5.73. The molecule has 0 N–H and O–H groups in total. The maximum absolute atomic E-state index is 12.9. The maximum Gasteiger partial charge on any atom is 0.334 e.